The third-order valence-corrected chi connectivity index (χ3v) is 2.48. The van der Waals surface area contributed by atoms with E-state index in [1.165, 1.54) is 0 Å². The Hall–Kier alpha value is -1.91. The Balaban J connectivity index is 2.68. The molecule has 100 valence electrons. The number of rotatable bonds is 5. The van der Waals surface area contributed by atoms with Crippen LogP contribution >= 0.6 is 0 Å². The predicted molar refractivity (Wildman–Crippen MR) is 73.4 cm³/mol. The van der Waals surface area contributed by atoms with E-state index in [9.17, 15) is 0 Å². The third kappa shape index (κ3) is 3.84. The van der Waals surface area contributed by atoms with Gasteiger partial charge in [0.25, 0.3) is 0 Å². The van der Waals surface area contributed by atoms with E-state index >= 15 is 0 Å². The lowest BCUT2D eigenvalue weighted by Crippen LogP contribution is -2.36. The molecule has 18 heavy (non-hydrogen) atoms. The summed E-state index contributed by atoms with van der Waals surface area (Å²) < 4.78 is 10.5. The van der Waals surface area contributed by atoms with Gasteiger partial charge in [0, 0.05) is 20.1 Å². The highest BCUT2D eigenvalue weighted by molar-refractivity contribution is 5.79. The van der Waals surface area contributed by atoms with Crippen LogP contribution in [0.1, 0.15) is 12.5 Å². The first kappa shape index (κ1) is 14.2. The Morgan fingerprint density at radius 3 is 2.44 bits per heavy atom. The summed E-state index contributed by atoms with van der Waals surface area (Å²) in [4.78, 5) is 4.11. The van der Waals surface area contributed by atoms with Gasteiger partial charge < -0.3 is 20.1 Å². The summed E-state index contributed by atoms with van der Waals surface area (Å²) in [5, 5.41) is 6.35. The molecular weight excluding hydrogens is 230 g/mol. The van der Waals surface area contributed by atoms with Crippen LogP contribution in [0.15, 0.2) is 23.2 Å². The van der Waals surface area contributed by atoms with Crippen LogP contribution < -0.4 is 20.1 Å². The molecule has 0 atom stereocenters. The zero-order chi connectivity index (χ0) is 13.4. The van der Waals surface area contributed by atoms with Crippen LogP contribution in [0.25, 0.3) is 0 Å². The van der Waals surface area contributed by atoms with Crippen molar-refractivity contribution in [2.24, 2.45) is 4.99 Å². The second-order valence-corrected chi connectivity index (χ2v) is 3.65. The number of hydrogen-bond acceptors (Lipinski definition) is 3. The number of nitrogens with zero attached hydrogens (tertiary/aromatic N) is 1. The van der Waals surface area contributed by atoms with Gasteiger partial charge in [-0.3, -0.25) is 4.99 Å². The highest BCUT2D eigenvalue weighted by Crippen LogP contribution is 2.27. The molecule has 5 nitrogen and oxygen atoms in total. The first-order valence-electron chi connectivity index (χ1n) is 5.90. The number of hydrogen-bond donors (Lipinski definition) is 2. The average Bonchev–Trinajstić information content (AvgIpc) is 2.42. The molecule has 1 aromatic carbocycles. The molecule has 0 saturated heterocycles. The zero-order valence-electron chi connectivity index (χ0n) is 11.4. The van der Waals surface area contributed by atoms with Crippen LogP contribution in [0.4, 0.5) is 0 Å². The SMILES string of the molecule is CCNC(=NC)NCc1ccc(OC)c(OC)c1. The number of nitrogens with one attached hydrogen (secondary N) is 2. The molecule has 0 heterocycles. The molecule has 0 radical (unpaired) electrons. The Labute approximate surface area is 108 Å². The van der Waals surface area contributed by atoms with Gasteiger partial charge in [-0.15, -0.1) is 0 Å². The Morgan fingerprint density at radius 1 is 1.17 bits per heavy atom. The van der Waals surface area contributed by atoms with Gasteiger partial charge >= 0.3 is 0 Å². The molecule has 1 aromatic rings. The lowest BCUT2D eigenvalue weighted by Gasteiger charge is -2.12. The summed E-state index contributed by atoms with van der Waals surface area (Å²) in [7, 11) is 5.01. The predicted octanol–water partition coefficient (Wildman–Crippen LogP) is 1.39. The maximum Gasteiger partial charge on any atom is 0.191 e. The lowest BCUT2D eigenvalue weighted by molar-refractivity contribution is 0.354. The van der Waals surface area contributed by atoms with Gasteiger partial charge in [-0.25, -0.2) is 0 Å². The summed E-state index contributed by atoms with van der Waals surface area (Å²) in [5.41, 5.74) is 1.10. The van der Waals surface area contributed by atoms with Crippen molar-refractivity contribution in [3.8, 4) is 11.5 Å². The molecule has 0 aromatic heterocycles. The van der Waals surface area contributed by atoms with Gasteiger partial charge in [0.2, 0.25) is 0 Å². The molecule has 0 bridgehead atoms. The summed E-state index contributed by atoms with van der Waals surface area (Å²) in [6, 6.07) is 5.84. The molecule has 0 aliphatic heterocycles. The third-order valence-electron chi connectivity index (χ3n) is 2.48. The molecule has 1 rings (SSSR count). The van der Waals surface area contributed by atoms with Gasteiger partial charge in [-0.05, 0) is 24.6 Å². The Bertz CT molecular complexity index is 405. The van der Waals surface area contributed by atoms with E-state index in [-0.39, 0.29) is 0 Å². The van der Waals surface area contributed by atoms with Gasteiger partial charge in [0.15, 0.2) is 17.5 Å². The van der Waals surface area contributed by atoms with Crippen LogP contribution in [0.2, 0.25) is 0 Å². The first-order valence-corrected chi connectivity index (χ1v) is 5.90. The molecule has 0 unspecified atom stereocenters. The van der Waals surface area contributed by atoms with Crippen molar-refractivity contribution >= 4 is 5.96 Å². The lowest BCUT2D eigenvalue weighted by atomic mass is 10.2. The maximum absolute atomic E-state index is 5.26. The van der Waals surface area contributed by atoms with Gasteiger partial charge in [0.1, 0.15) is 0 Å². The Morgan fingerprint density at radius 2 is 1.89 bits per heavy atom. The highest BCUT2D eigenvalue weighted by atomic mass is 16.5. The summed E-state index contributed by atoms with van der Waals surface area (Å²) in [6.45, 7) is 3.55. The molecule has 0 saturated carbocycles. The van der Waals surface area contributed by atoms with Crippen molar-refractivity contribution < 1.29 is 9.47 Å². The second-order valence-electron chi connectivity index (χ2n) is 3.65. The molecule has 0 amide bonds. The van der Waals surface area contributed by atoms with Crippen molar-refractivity contribution in [1.29, 1.82) is 0 Å². The van der Waals surface area contributed by atoms with Crippen LogP contribution in [-0.2, 0) is 6.54 Å². The number of guanidine groups is 1. The monoisotopic (exact) mass is 251 g/mol. The quantitative estimate of drug-likeness (QED) is 0.613. The summed E-state index contributed by atoms with van der Waals surface area (Å²) in [6.07, 6.45) is 0. The van der Waals surface area contributed by atoms with Gasteiger partial charge in [-0.1, -0.05) is 6.07 Å². The van der Waals surface area contributed by atoms with E-state index in [1.54, 1.807) is 21.3 Å². The molecule has 0 fully saturated rings. The van der Waals surface area contributed by atoms with E-state index in [4.69, 9.17) is 9.47 Å². The summed E-state index contributed by atoms with van der Waals surface area (Å²) >= 11 is 0. The zero-order valence-corrected chi connectivity index (χ0v) is 11.4. The smallest absolute Gasteiger partial charge is 0.191 e. The Kier molecular flexibility index (Phi) is 5.84. The standard InChI is InChI=1S/C13H21N3O2/c1-5-15-13(14-2)16-9-10-6-7-11(17-3)12(8-10)18-4/h6-8H,5,9H2,1-4H3,(H2,14,15,16). The fourth-order valence-corrected chi connectivity index (χ4v) is 1.56. The van der Waals surface area contributed by atoms with Crippen LogP contribution in [0.5, 0.6) is 11.5 Å². The van der Waals surface area contributed by atoms with Crippen molar-refractivity contribution in [2.45, 2.75) is 13.5 Å². The minimum Gasteiger partial charge on any atom is -0.493 e. The average molecular weight is 251 g/mol. The number of aliphatic imine (C=N–C) groups is 1. The number of methoxy groups -OCH3 is 2. The van der Waals surface area contributed by atoms with Crippen molar-refractivity contribution in [1.82, 2.24) is 10.6 Å². The minimum absolute atomic E-state index is 0.681. The van der Waals surface area contributed by atoms with Gasteiger partial charge in [-0.2, -0.15) is 0 Å². The van der Waals surface area contributed by atoms with Crippen LogP contribution in [0, 0.1) is 0 Å². The molecule has 0 spiro atoms. The normalized spacial score (nSPS) is 11.0. The van der Waals surface area contributed by atoms with E-state index < -0.39 is 0 Å². The van der Waals surface area contributed by atoms with Crippen molar-refractivity contribution in [2.75, 3.05) is 27.8 Å². The summed E-state index contributed by atoms with van der Waals surface area (Å²) in [5.74, 6) is 2.25. The second kappa shape index (κ2) is 7.42. The van der Waals surface area contributed by atoms with Crippen molar-refractivity contribution in [3.63, 3.8) is 0 Å². The highest BCUT2D eigenvalue weighted by Gasteiger charge is 2.04. The molecule has 0 aliphatic rings. The van der Waals surface area contributed by atoms with E-state index in [0.717, 1.165) is 29.6 Å². The maximum atomic E-state index is 5.26. The van der Waals surface area contributed by atoms with Crippen LogP contribution in [-0.4, -0.2) is 33.8 Å². The fourth-order valence-electron chi connectivity index (χ4n) is 1.56. The minimum atomic E-state index is 0.681. The molecule has 0 aliphatic carbocycles. The molecule has 5 heteroatoms. The topological polar surface area (TPSA) is 54.9 Å². The van der Waals surface area contributed by atoms with E-state index in [2.05, 4.69) is 15.6 Å². The van der Waals surface area contributed by atoms with Crippen molar-refractivity contribution in [3.05, 3.63) is 23.8 Å². The molecule has 2 N–H and O–H groups in total. The van der Waals surface area contributed by atoms with E-state index in [1.807, 2.05) is 25.1 Å². The van der Waals surface area contributed by atoms with Crippen LogP contribution in [0.3, 0.4) is 0 Å². The van der Waals surface area contributed by atoms with Gasteiger partial charge in [0.05, 0.1) is 14.2 Å². The number of benzene rings is 1. The number of ether oxygens (including phenoxy) is 2. The molecular formula is C13H21N3O2. The largest absolute Gasteiger partial charge is 0.493 e. The first-order chi connectivity index (χ1) is 8.74. The van der Waals surface area contributed by atoms with E-state index in [0.29, 0.717) is 6.54 Å². The fraction of sp³-hybridized carbons (Fsp3) is 0.462.